The minimum absolute atomic E-state index is 0.0789. The normalized spacial score (nSPS) is 21.3. The summed E-state index contributed by atoms with van der Waals surface area (Å²) in [4.78, 5) is 17.1. The van der Waals surface area contributed by atoms with E-state index in [0.717, 1.165) is 0 Å². The standard InChI is InChI=1S/C14H20ClNO3/c1-5-9(16-19-12(15)6-2)13-10(17)7-14(3,4)8-11(13)18/h6,12,17H,2,5,7-8H2,1,3-4H3/b16-9+. The van der Waals surface area contributed by atoms with Crippen LogP contribution in [0, 0.1) is 5.41 Å². The number of carbonyl (C=O) groups is 1. The molecule has 0 aromatic rings. The molecule has 1 aliphatic carbocycles. The van der Waals surface area contributed by atoms with Crippen LogP contribution in [0.3, 0.4) is 0 Å². The molecule has 5 heteroatoms. The number of alkyl halides is 1. The molecule has 1 aliphatic rings. The summed E-state index contributed by atoms with van der Waals surface area (Å²) in [5.41, 5.74) is -0.278. The second kappa shape index (κ2) is 6.24. The van der Waals surface area contributed by atoms with Crippen molar-refractivity contribution in [3.63, 3.8) is 0 Å². The zero-order valence-corrected chi connectivity index (χ0v) is 12.3. The number of oxime groups is 1. The molecule has 1 rings (SSSR count). The van der Waals surface area contributed by atoms with E-state index in [1.165, 1.54) is 6.08 Å². The molecule has 106 valence electrons. The topological polar surface area (TPSA) is 58.9 Å². The highest BCUT2D eigenvalue weighted by Gasteiger charge is 2.34. The van der Waals surface area contributed by atoms with Crippen molar-refractivity contribution in [1.29, 1.82) is 0 Å². The molecule has 1 unspecified atom stereocenters. The van der Waals surface area contributed by atoms with E-state index in [9.17, 15) is 9.90 Å². The van der Waals surface area contributed by atoms with E-state index >= 15 is 0 Å². The molecule has 0 saturated carbocycles. The summed E-state index contributed by atoms with van der Waals surface area (Å²) < 4.78 is 0. The van der Waals surface area contributed by atoms with Crippen LogP contribution in [-0.2, 0) is 9.63 Å². The fourth-order valence-electron chi connectivity index (χ4n) is 2.06. The van der Waals surface area contributed by atoms with Crippen LogP contribution in [0.4, 0.5) is 0 Å². The average molecular weight is 286 g/mol. The molecule has 1 N–H and O–H groups in total. The van der Waals surface area contributed by atoms with Crippen LogP contribution < -0.4 is 0 Å². The highest BCUT2D eigenvalue weighted by molar-refractivity contribution is 6.23. The van der Waals surface area contributed by atoms with Crippen molar-refractivity contribution in [2.24, 2.45) is 10.6 Å². The zero-order chi connectivity index (χ0) is 14.6. The second-order valence-electron chi connectivity index (χ2n) is 5.35. The largest absolute Gasteiger partial charge is 0.511 e. The smallest absolute Gasteiger partial charge is 0.218 e. The fourth-order valence-corrected chi connectivity index (χ4v) is 2.10. The van der Waals surface area contributed by atoms with Crippen LogP contribution in [0.1, 0.15) is 40.0 Å². The third-order valence-corrected chi connectivity index (χ3v) is 3.18. The molecular weight excluding hydrogens is 266 g/mol. The molecule has 0 amide bonds. The molecule has 1 atom stereocenters. The first-order valence-electron chi connectivity index (χ1n) is 6.25. The van der Waals surface area contributed by atoms with Crippen molar-refractivity contribution in [1.82, 2.24) is 0 Å². The maximum Gasteiger partial charge on any atom is 0.218 e. The Kier molecular flexibility index (Phi) is 5.18. The highest BCUT2D eigenvalue weighted by atomic mass is 35.5. The van der Waals surface area contributed by atoms with Crippen LogP contribution in [0.15, 0.2) is 29.1 Å². The first-order valence-corrected chi connectivity index (χ1v) is 6.69. The summed E-state index contributed by atoms with van der Waals surface area (Å²) in [5, 5.41) is 13.9. The Morgan fingerprint density at radius 2 is 2.26 bits per heavy atom. The number of aliphatic hydroxyl groups excluding tert-OH is 1. The lowest BCUT2D eigenvalue weighted by molar-refractivity contribution is -0.118. The van der Waals surface area contributed by atoms with Crippen molar-refractivity contribution in [3.8, 4) is 0 Å². The van der Waals surface area contributed by atoms with Gasteiger partial charge in [-0.25, -0.2) is 0 Å². The van der Waals surface area contributed by atoms with Gasteiger partial charge in [0.15, 0.2) is 5.78 Å². The van der Waals surface area contributed by atoms with Crippen molar-refractivity contribution in [2.75, 3.05) is 0 Å². The highest BCUT2D eigenvalue weighted by Crippen LogP contribution is 2.36. The second-order valence-corrected chi connectivity index (χ2v) is 5.78. The SMILES string of the molecule is C=CC(Cl)O/N=C(\CC)C1=C(O)CC(C)(C)CC1=O. The van der Waals surface area contributed by atoms with E-state index in [4.69, 9.17) is 16.4 Å². The molecule has 19 heavy (non-hydrogen) atoms. The van der Waals surface area contributed by atoms with Crippen molar-refractivity contribution in [2.45, 2.75) is 45.6 Å². The number of halogens is 1. The Morgan fingerprint density at radius 3 is 2.74 bits per heavy atom. The Hall–Kier alpha value is -1.29. The number of allylic oxidation sites excluding steroid dienone is 2. The third-order valence-electron chi connectivity index (χ3n) is 2.92. The zero-order valence-electron chi connectivity index (χ0n) is 11.6. The number of rotatable bonds is 5. The van der Waals surface area contributed by atoms with Gasteiger partial charge in [-0.05, 0) is 17.9 Å². The van der Waals surface area contributed by atoms with Gasteiger partial charge in [-0.3, -0.25) is 4.79 Å². The fraction of sp³-hybridized carbons (Fsp3) is 0.571. The van der Waals surface area contributed by atoms with E-state index in [1.54, 1.807) is 0 Å². The first kappa shape index (κ1) is 15.8. The molecule has 4 nitrogen and oxygen atoms in total. The number of hydrogen-bond donors (Lipinski definition) is 1. The molecule has 0 aliphatic heterocycles. The Balaban J connectivity index is 3.03. The number of carbonyl (C=O) groups excluding carboxylic acids is 1. The Morgan fingerprint density at radius 1 is 1.63 bits per heavy atom. The van der Waals surface area contributed by atoms with E-state index in [-0.39, 0.29) is 22.5 Å². The van der Waals surface area contributed by atoms with E-state index in [2.05, 4.69) is 11.7 Å². The molecule has 0 aromatic carbocycles. The minimum Gasteiger partial charge on any atom is -0.511 e. The number of Topliss-reactive ketones (excluding diaryl/α,β-unsaturated/α-hetero) is 1. The van der Waals surface area contributed by atoms with Gasteiger partial charge in [0.05, 0.1) is 11.3 Å². The van der Waals surface area contributed by atoms with Gasteiger partial charge in [0.2, 0.25) is 5.56 Å². The lowest BCUT2D eigenvalue weighted by atomic mass is 9.75. The van der Waals surface area contributed by atoms with Gasteiger partial charge in [-0.1, -0.05) is 44.1 Å². The predicted molar refractivity (Wildman–Crippen MR) is 76.3 cm³/mol. The summed E-state index contributed by atoms with van der Waals surface area (Å²) in [7, 11) is 0. The minimum atomic E-state index is -0.751. The lowest BCUT2D eigenvalue weighted by Crippen LogP contribution is -2.29. The van der Waals surface area contributed by atoms with Gasteiger partial charge in [0.1, 0.15) is 5.76 Å². The molecule has 0 fully saturated rings. The van der Waals surface area contributed by atoms with Crippen LogP contribution in [0.5, 0.6) is 0 Å². The van der Waals surface area contributed by atoms with E-state index < -0.39 is 5.56 Å². The molecule has 0 radical (unpaired) electrons. The van der Waals surface area contributed by atoms with Gasteiger partial charge >= 0.3 is 0 Å². The predicted octanol–water partition coefficient (Wildman–Crippen LogP) is 3.72. The Labute approximate surface area is 118 Å². The summed E-state index contributed by atoms with van der Waals surface area (Å²) in [6.07, 6.45) is 2.71. The first-order chi connectivity index (χ1) is 8.80. The molecule has 0 aromatic heterocycles. The van der Waals surface area contributed by atoms with Gasteiger partial charge in [0, 0.05) is 12.8 Å². The molecule has 0 saturated heterocycles. The van der Waals surface area contributed by atoms with Gasteiger partial charge in [-0.15, -0.1) is 0 Å². The van der Waals surface area contributed by atoms with E-state index in [1.807, 2.05) is 20.8 Å². The number of aliphatic hydroxyl groups is 1. The number of nitrogens with zero attached hydrogens (tertiary/aromatic N) is 1. The lowest BCUT2D eigenvalue weighted by Gasteiger charge is -2.29. The third kappa shape index (κ3) is 4.10. The summed E-state index contributed by atoms with van der Waals surface area (Å²) in [5.74, 6) is -0.0298. The van der Waals surface area contributed by atoms with E-state index in [0.29, 0.717) is 25.0 Å². The van der Waals surface area contributed by atoms with Crippen LogP contribution in [-0.4, -0.2) is 22.2 Å². The molecule has 0 spiro atoms. The quantitative estimate of drug-likeness (QED) is 0.362. The Bertz CT molecular complexity index is 438. The maximum atomic E-state index is 12.1. The van der Waals surface area contributed by atoms with Gasteiger partial charge in [0.25, 0.3) is 0 Å². The van der Waals surface area contributed by atoms with Crippen molar-refractivity contribution in [3.05, 3.63) is 24.0 Å². The van der Waals surface area contributed by atoms with Gasteiger partial charge in [-0.2, -0.15) is 0 Å². The van der Waals surface area contributed by atoms with Crippen LogP contribution in [0.2, 0.25) is 0 Å². The molecule has 0 heterocycles. The van der Waals surface area contributed by atoms with Crippen molar-refractivity contribution < 1.29 is 14.7 Å². The number of hydrogen-bond acceptors (Lipinski definition) is 4. The summed E-state index contributed by atoms with van der Waals surface area (Å²) >= 11 is 5.71. The van der Waals surface area contributed by atoms with Crippen molar-refractivity contribution >= 4 is 23.1 Å². The summed E-state index contributed by atoms with van der Waals surface area (Å²) in [6.45, 7) is 9.21. The van der Waals surface area contributed by atoms with Gasteiger partial charge < -0.3 is 9.94 Å². The molecule has 0 bridgehead atoms. The molecular formula is C14H20ClNO3. The van der Waals surface area contributed by atoms with Crippen LogP contribution in [0.25, 0.3) is 0 Å². The average Bonchev–Trinajstić information content (AvgIpc) is 2.30. The maximum absolute atomic E-state index is 12.1. The van der Waals surface area contributed by atoms with Crippen LogP contribution >= 0.6 is 11.6 Å². The number of ketones is 1. The monoisotopic (exact) mass is 285 g/mol. The summed E-state index contributed by atoms with van der Waals surface area (Å²) in [6, 6.07) is 0.